The molecular weight excluding hydrogens is 208 g/mol. The first-order valence-corrected chi connectivity index (χ1v) is 5.21. The van der Waals surface area contributed by atoms with Crippen LogP contribution in [0, 0.1) is 5.92 Å². The van der Waals surface area contributed by atoms with E-state index < -0.39 is 0 Å². The van der Waals surface area contributed by atoms with Gasteiger partial charge in [-0.25, -0.2) is 0 Å². The third-order valence-electron chi connectivity index (χ3n) is 2.84. The van der Waals surface area contributed by atoms with Crippen molar-refractivity contribution >= 4 is 11.8 Å². The number of hydrogen-bond acceptors (Lipinski definition) is 3. The summed E-state index contributed by atoms with van der Waals surface area (Å²) in [7, 11) is 0. The van der Waals surface area contributed by atoms with Crippen molar-refractivity contribution in [2.75, 3.05) is 13.1 Å². The van der Waals surface area contributed by atoms with Gasteiger partial charge in [0.1, 0.15) is 0 Å². The molecule has 0 bridgehead atoms. The van der Waals surface area contributed by atoms with Crippen molar-refractivity contribution in [3.63, 3.8) is 0 Å². The molecule has 0 radical (unpaired) electrons. The van der Waals surface area contributed by atoms with Crippen molar-refractivity contribution in [3.05, 3.63) is 18.0 Å². The SMILES string of the molecule is NC(=O)C1CC(=O)N(CCc2cn[nH]c2)C1. The molecule has 1 atom stereocenters. The average Bonchev–Trinajstić information content (AvgIpc) is 2.84. The van der Waals surface area contributed by atoms with Gasteiger partial charge in [0.25, 0.3) is 0 Å². The Morgan fingerprint density at radius 3 is 3.06 bits per heavy atom. The van der Waals surface area contributed by atoms with E-state index in [0.717, 1.165) is 12.0 Å². The van der Waals surface area contributed by atoms with Gasteiger partial charge in [0, 0.05) is 25.7 Å². The topological polar surface area (TPSA) is 92.1 Å². The van der Waals surface area contributed by atoms with Crippen molar-refractivity contribution in [1.82, 2.24) is 15.1 Å². The molecule has 1 unspecified atom stereocenters. The molecule has 0 aromatic carbocycles. The van der Waals surface area contributed by atoms with E-state index in [0.29, 0.717) is 13.1 Å². The molecule has 0 spiro atoms. The standard InChI is InChI=1S/C10H14N4O2/c11-10(16)8-3-9(15)14(6-8)2-1-7-4-12-13-5-7/h4-5,8H,1-3,6H2,(H2,11,16)(H,12,13). The lowest BCUT2D eigenvalue weighted by Gasteiger charge is -2.15. The molecule has 0 aliphatic carbocycles. The summed E-state index contributed by atoms with van der Waals surface area (Å²) < 4.78 is 0. The number of hydrogen-bond donors (Lipinski definition) is 2. The predicted molar refractivity (Wildman–Crippen MR) is 56.2 cm³/mol. The van der Waals surface area contributed by atoms with Crippen LogP contribution in [0.1, 0.15) is 12.0 Å². The van der Waals surface area contributed by atoms with E-state index in [4.69, 9.17) is 5.73 Å². The third-order valence-corrected chi connectivity index (χ3v) is 2.84. The molecule has 3 N–H and O–H groups in total. The van der Waals surface area contributed by atoms with Crippen LogP contribution in [-0.2, 0) is 16.0 Å². The van der Waals surface area contributed by atoms with Crippen molar-refractivity contribution in [3.8, 4) is 0 Å². The van der Waals surface area contributed by atoms with Crippen molar-refractivity contribution in [2.45, 2.75) is 12.8 Å². The fourth-order valence-electron chi connectivity index (χ4n) is 1.86. The smallest absolute Gasteiger partial charge is 0.223 e. The van der Waals surface area contributed by atoms with Gasteiger partial charge in [-0.2, -0.15) is 5.10 Å². The molecule has 2 rings (SSSR count). The fourth-order valence-corrected chi connectivity index (χ4v) is 1.86. The van der Waals surface area contributed by atoms with Crippen LogP contribution in [0.15, 0.2) is 12.4 Å². The van der Waals surface area contributed by atoms with Gasteiger partial charge in [-0.3, -0.25) is 14.7 Å². The number of nitrogens with two attached hydrogens (primary N) is 1. The molecule has 0 saturated carbocycles. The highest BCUT2D eigenvalue weighted by molar-refractivity contribution is 5.88. The molecule has 6 heteroatoms. The molecule has 1 aromatic heterocycles. The Hall–Kier alpha value is -1.85. The van der Waals surface area contributed by atoms with E-state index >= 15 is 0 Å². The number of aromatic amines is 1. The van der Waals surface area contributed by atoms with E-state index in [-0.39, 0.29) is 24.2 Å². The lowest BCUT2D eigenvalue weighted by molar-refractivity contribution is -0.128. The Balaban J connectivity index is 1.87. The summed E-state index contributed by atoms with van der Waals surface area (Å²) in [6.45, 7) is 1.06. The van der Waals surface area contributed by atoms with Crippen LogP contribution in [-0.4, -0.2) is 40.0 Å². The number of amides is 2. The first-order chi connectivity index (χ1) is 7.66. The monoisotopic (exact) mass is 222 g/mol. The summed E-state index contributed by atoms with van der Waals surface area (Å²) in [4.78, 5) is 24.2. The second kappa shape index (κ2) is 4.34. The van der Waals surface area contributed by atoms with Crippen LogP contribution >= 0.6 is 0 Å². The van der Waals surface area contributed by atoms with Crippen molar-refractivity contribution in [2.24, 2.45) is 11.7 Å². The molecule has 16 heavy (non-hydrogen) atoms. The highest BCUT2D eigenvalue weighted by Crippen LogP contribution is 2.17. The van der Waals surface area contributed by atoms with Crippen LogP contribution < -0.4 is 5.73 Å². The lowest BCUT2D eigenvalue weighted by atomic mass is 10.1. The Bertz CT molecular complexity index is 388. The van der Waals surface area contributed by atoms with Crippen LogP contribution in [0.4, 0.5) is 0 Å². The molecule has 1 aliphatic rings. The Morgan fingerprint density at radius 1 is 1.69 bits per heavy atom. The number of rotatable bonds is 4. The maximum absolute atomic E-state index is 11.5. The van der Waals surface area contributed by atoms with E-state index in [2.05, 4.69) is 10.2 Å². The highest BCUT2D eigenvalue weighted by Gasteiger charge is 2.32. The molecule has 1 aliphatic heterocycles. The molecule has 6 nitrogen and oxygen atoms in total. The second-order valence-electron chi connectivity index (χ2n) is 4.00. The summed E-state index contributed by atoms with van der Waals surface area (Å²) >= 11 is 0. The molecule has 2 amide bonds. The number of carbonyl (C=O) groups excluding carboxylic acids is 2. The second-order valence-corrected chi connectivity index (χ2v) is 4.00. The summed E-state index contributed by atoms with van der Waals surface area (Å²) in [5.41, 5.74) is 6.23. The van der Waals surface area contributed by atoms with Gasteiger partial charge in [-0.1, -0.05) is 0 Å². The van der Waals surface area contributed by atoms with Crippen LogP contribution in [0.25, 0.3) is 0 Å². The zero-order valence-corrected chi connectivity index (χ0v) is 8.85. The maximum atomic E-state index is 11.5. The van der Waals surface area contributed by atoms with Crippen molar-refractivity contribution < 1.29 is 9.59 Å². The van der Waals surface area contributed by atoms with Gasteiger partial charge < -0.3 is 10.6 Å². The first-order valence-electron chi connectivity index (χ1n) is 5.21. The number of aromatic nitrogens is 2. The fraction of sp³-hybridized carbons (Fsp3) is 0.500. The normalized spacial score (nSPS) is 20.4. The van der Waals surface area contributed by atoms with Crippen LogP contribution in [0.2, 0.25) is 0 Å². The Labute approximate surface area is 92.8 Å². The highest BCUT2D eigenvalue weighted by atomic mass is 16.2. The van der Waals surface area contributed by atoms with Crippen LogP contribution in [0.3, 0.4) is 0 Å². The number of likely N-dealkylation sites (tertiary alicyclic amines) is 1. The molecule has 1 fully saturated rings. The van der Waals surface area contributed by atoms with Gasteiger partial charge in [0.05, 0.1) is 12.1 Å². The Kier molecular flexibility index (Phi) is 2.89. The molecule has 1 aromatic rings. The van der Waals surface area contributed by atoms with E-state index in [1.807, 2.05) is 0 Å². The third kappa shape index (κ3) is 2.21. The minimum absolute atomic E-state index is 0.00675. The minimum atomic E-state index is -0.390. The lowest BCUT2D eigenvalue weighted by Crippen LogP contribution is -2.30. The summed E-state index contributed by atoms with van der Waals surface area (Å²) in [6.07, 6.45) is 4.52. The molecule has 1 saturated heterocycles. The molecule has 86 valence electrons. The van der Waals surface area contributed by atoms with E-state index in [1.54, 1.807) is 17.3 Å². The van der Waals surface area contributed by atoms with Gasteiger partial charge >= 0.3 is 0 Å². The molecular formula is C10H14N4O2. The zero-order chi connectivity index (χ0) is 11.5. The zero-order valence-electron chi connectivity index (χ0n) is 8.85. The number of carbonyl (C=O) groups is 2. The summed E-state index contributed by atoms with van der Waals surface area (Å²) in [5, 5.41) is 6.54. The number of nitrogens with zero attached hydrogens (tertiary/aromatic N) is 2. The Morgan fingerprint density at radius 2 is 2.50 bits per heavy atom. The number of H-pyrrole nitrogens is 1. The average molecular weight is 222 g/mol. The summed E-state index contributed by atoms with van der Waals surface area (Å²) in [5.74, 6) is -0.705. The minimum Gasteiger partial charge on any atom is -0.369 e. The van der Waals surface area contributed by atoms with Gasteiger partial charge in [-0.05, 0) is 12.0 Å². The van der Waals surface area contributed by atoms with E-state index in [1.165, 1.54) is 0 Å². The molecule has 2 heterocycles. The van der Waals surface area contributed by atoms with Gasteiger partial charge in [-0.15, -0.1) is 0 Å². The maximum Gasteiger partial charge on any atom is 0.223 e. The van der Waals surface area contributed by atoms with Crippen LogP contribution in [0.5, 0.6) is 0 Å². The largest absolute Gasteiger partial charge is 0.369 e. The quantitative estimate of drug-likeness (QED) is 0.704. The summed E-state index contributed by atoms with van der Waals surface area (Å²) in [6, 6.07) is 0. The van der Waals surface area contributed by atoms with E-state index in [9.17, 15) is 9.59 Å². The number of primary amides is 1. The van der Waals surface area contributed by atoms with Gasteiger partial charge in [0.2, 0.25) is 11.8 Å². The van der Waals surface area contributed by atoms with Gasteiger partial charge in [0.15, 0.2) is 0 Å². The predicted octanol–water partition coefficient (Wildman–Crippen LogP) is -0.714. The van der Waals surface area contributed by atoms with Crippen molar-refractivity contribution in [1.29, 1.82) is 0 Å². The first kappa shape index (κ1) is 10.7. The number of nitrogens with one attached hydrogen (secondary N) is 1.